The van der Waals surface area contributed by atoms with E-state index in [0.29, 0.717) is 0 Å². The van der Waals surface area contributed by atoms with Crippen LogP contribution in [-0.4, -0.2) is 9.78 Å². The molecule has 1 heterocycles. The predicted molar refractivity (Wildman–Crippen MR) is 46.4 cm³/mol. The zero-order valence-corrected chi connectivity index (χ0v) is 7.18. The van der Waals surface area contributed by atoms with Crippen LogP contribution in [0.1, 0.15) is 12.6 Å². The summed E-state index contributed by atoms with van der Waals surface area (Å²) in [7, 11) is 1.90. The SMILES string of the molecule is C=C(C)Nc1cc(C)nn1C. The first kappa shape index (κ1) is 7.85. The molecule has 1 N–H and O–H groups in total. The van der Waals surface area contributed by atoms with Crippen molar-refractivity contribution in [2.24, 2.45) is 7.05 Å². The normalized spacial score (nSPS) is 9.73. The van der Waals surface area contributed by atoms with Gasteiger partial charge in [-0.25, -0.2) is 0 Å². The molecule has 0 aliphatic rings. The van der Waals surface area contributed by atoms with E-state index in [0.717, 1.165) is 17.2 Å². The zero-order chi connectivity index (χ0) is 8.43. The standard InChI is InChI=1S/C8H13N3/c1-6(2)9-8-5-7(3)10-11(8)4/h5,9H,1H2,2-4H3. The van der Waals surface area contributed by atoms with E-state index < -0.39 is 0 Å². The average Bonchev–Trinajstić information content (AvgIpc) is 2.09. The highest BCUT2D eigenvalue weighted by Gasteiger charge is 1.99. The van der Waals surface area contributed by atoms with E-state index in [2.05, 4.69) is 17.0 Å². The Morgan fingerprint density at radius 3 is 2.73 bits per heavy atom. The van der Waals surface area contributed by atoms with Crippen LogP contribution in [0.15, 0.2) is 18.3 Å². The molecule has 1 aromatic rings. The fourth-order valence-corrected chi connectivity index (χ4v) is 0.946. The molecule has 0 amide bonds. The fourth-order valence-electron chi connectivity index (χ4n) is 0.946. The van der Waals surface area contributed by atoms with Gasteiger partial charge in [-0.3, -0.25) is 4.68 Å². The number of hydrogen-bond acceptors (Lipinski definition) is 2. The lowest BCUT2D eigenvalue weighted by Crippen LogP contribution is -2.00. The van der Waals surface area contributed by atoms with Crippen LogP contribution in [0.4, 0.5) is 5.82 Å². The quantitative estimate of drug-likeness (QED) is 0.696. The number of aromatic nitrogens is 2. The van der Waals surface area contributed by atoms with Crippen LogP contribution < -0.4 is 5.32 Å². The van der Waals surface area contributed by atoms with Gasteiger partial charge in [0.2, 0.25) is 0 Å². The number of aryl methyl sites for hydroxylation is 2. The molecule has 0 aliphatic carbocycles. The first-order valence-corrected chi connectivity index (χ1v) is 3.53. The van der Waals surface area contributed by atoms with Gasteiger partial charge in [-0.2, -0.15) is 5.10 Å². The van der Waals surface area contributed by atoms with Crippen LogP contribution in [0.5, 0.6) is 0 Å². The largest absolute Gasteiger partial charge is 0.345 e. The van der Waals surface area contributed by atoms with Gasteiger partial charge >= 0.3 is 0 Å². The second-order valence-electron chi connectivity index (χ2n) is 2.70. The van der Waals surface area contributed by atoms with Crippen LogP contribution >= 0.6 is 0 Å². The molecule has 0 saturated heterocycles. The van der Waals surface area contributed by atoms with E-state index in [1.54, 1.807) is 4.68 Å². The van der Waals surface area contributed by atoms with Crippen molar-refractivity contribution in [3.05, 3.63) is 24.0 Å². The van der Waals surface area contributed by atoms with E-state index in [1.807, 2.05) is 27.0 Å². The molecule has 60 valence electrons. The molecule has 0 spiro atoms. The number of nitrogens with one attached hydrogen (secondary N) is 1. The highest BCUT2D eigenvalue weighted by molar-refractivity contribution is 5.41. The molecular formula is C8H13N3. The van der Waals surface area contributed by atoms with Crippen molar-refractivity contribution in [1.29, 1.82) is 0 Å². The lowest BCUT2D eigenvalue weighted by atomic mass is 10.4. The Bertz CT molecular complexity index is 273. The van der Waals surface area contributed by atoms with Crippen LogP contribution in [0.25, 0.3) is 0 Å². The molecule has 0 aliphatic heterocycles. The number of hydrogen-bond donors (Lipinski definition) is 1. The summed E-state index contributed by atoms with van der Waals surface area (Å²) in [5.41, 5.74) is 1.93. The zero-order valence-electron chi connectivity index (χ0n) is 7.18. The Kier molecular flexibility index (Phi) is 1.98. The van der Waals surface area contributed by atoms with Crippen molar-refractivity contribution < 1.29 is 0 Å². The van der Waals surface area contributed by atoms with Gasteiger partial charge in [-0.1, -0.05) is 6.58 Å². The Balaban J connectivity index is 2.85. The number of allylic oxidation sites excluding steroid dienone is 1. The molecule has 0 saturated carbocycles. The summed E-state index contributed by atoms with van der Waals surface area (Å²) >= 11 is 0. The fraction of sp³-hybridized carbons (Fsp3) is 0.375. The monoisotopic (exact) mass is 151 g/mol. The molecule has 1 aromatic heterocycles. The Labute approximate surface area is 66.7 Å². The molecule has 1 rings (SSSR count). The van der Waals surface area contributed by atoms with Crippen molar-refractivity contribution in [1.82, 2.24) is 9.78 Å². The summed E-state index contributed by atoms with van der Waals surface area (Å²) in [6.07, 6.45) is 0. The highest BCUT2D eigenvalue weighted by Crippen LogP contribution is 2.09. The molecule has 3 nitrogen and oxygen atoms in total. The van der Waals surface area contributed by atoms with Gasteiger partial charge in [0, 0.05) is 18.8 Å². The molecule has 0 radical (unpaired) electrons. The van der Waals surface area contributed by atoms with Gasteiger partial charge in [-0.15, -0.1) is 0 Å². The lowest BCUT2D eigenvalue weighted by molar-refractivity contribution is 0.763. The lowest BCUT2D eigenvalue weighted by Gasteiger charge is -2.03. The van der Waals surface area contributed by atoms with E-state index in [1.165, 1.54) is 0 Å². The molecule has 0 fully saturated rings. The van der Waals surface area contributed by atoms with Crippen LogP contribution in [0, 0.1) is 6.92 Å². The summed E-state index contributed by atoms with van der Waals surface area (Å²) in [4.78, 5) is 0. The molecule has 0 aromatic carbocycles. The van der Waals surface area contributed by atoms with Crippen molar-refractivity contribution in [3.63, 3.8) is 0 Å². The van der Waals surface area contributed by atoms with Gasteiger partial charge in [0.1, 0.15) is 5.82 Å². The van der Waals surface area contributed by atoms with E-state index in [9.17, 15) is 0 Å². The topological polar surface area (TPSA) is 29.9 Å². The summed E-state index contributed by atoms with van der Waals surface area (Å²) < 4.78 is 1.80. The van der Waals surface area contributed by atoms with Gasteiger partial charge in [-0.05, 0) is 13.8 Å². The number of nitrogens with zero attached hydrogens (tertiary/aromatic N) is 2. The van der Waals surface area contributed by atoms with E-state index in [-0.39, 0.29) is 0 Å². The minimum absolute atomic E-state index is 0.924. The summed E-state index contributed by atoms with van der Waals surface area (Å²) in [6, 6.07) is 1.98. The summed E-state index contributed by atoms with van der Waals surface area (Å²) in [5.74, 6) is 0.981. The first-order valence-electron chi connectivity index (χ1n) is 3.53. The Hall–Kier alpha value is -1.25. The minimum Gasteiger partial charge on any atom is -0.345 e. The van der Waals surface area contributed by atoms with Crippen molar-refractivity contribution in [3.8, 4) is 0 Å². The van der Waals surface area contributed by atoms with Crippen molar-refractivity contribution in [2.75, 3.05) is 5.32 Å². The van der Waals surface area contributed by atoms with Crippen molar-refractivity contribution >= 4 is 5.82 Å². The Morgan fingerprint density at radius 1 is 1.73 bits per heavy atom. The predicted octanol–water partition coefficient (Wildman–Crippen LogP) is 1.67. The third kappa shape index (κ3) is 1.83. The average molecular weight is 151 g/mol. The third-order valence-electron chi connectivity index (χ3n) is 1.34. The van der Waals surface area contributed by atoms with Gasteiger partial charge in [0.25, 0.3) is 0 Å². The van der Waals surface area contributed by atoms with E-state index in [4.69, 9.17) is 0 Å². The Morgan fingerprint density at radius 2 is 2.36 bits per heavy atom. The maximum atomic E-state index is 4.18. The van der Waals surface area contributed by atoms with Crippen LogP contribution in [0.2, 0.25) is 0 Å². The molecule has 0 bridgehead atoms. The smallest absolute Gasteiger partial charge is 0.128 e. The number of rotatable bonds is 2. The maximum absolute atomic E-state index is 4.18. The second-order valence-corrected chi connectivity index (χ2v) is 2.70. The molecule has 0 unspecified atom stereocenters. The molecule has 0 atom stereocenters. The van der Waals surface area contributed by atoms with E-state index >= 15 is 0 Å². The van der Waals surface area contributed by atoms with Gasteiger partial charge in [0.05, 0.1) is 5.69 Å². The number of anilines is 1. The summed E-state index contributed by atoms with van der Waals surface area (Å²) in [5, 5.41) is 7.28. The third-order valence-corrected chi connectivity index (χ3v) is 1.34. The maximum Gasteiger partial charge on any atom is 0.128 e. The minimum atomic E-state index is 0.924. The molecule has 11 heavy (non-hydrogen) atoms. The van der Waals surface area contributed by atoms with Crippen LogP contribution in [0.3, 0.4) is 0 Å². The van der Waals surface area contributed by atoms with Crippen molar-refractivity contribution in [2.45, 2.75) is 13.8 Å². The van der Waals surface area contributed by atoms with Gasteiger partial charge < -0.3 is 5.32 Å². The van der Waals surface area contributed by atoms with Crippen LogP contribution in [-0.2, 0) is 7.05 Å². The summed E-state index contributed by atoms with van der Waals surface area (Å²) in [6.45, 7) is 7.63. The highest BCUT2D eigenvalue weighted by atomic mass is 15.3. The molecule has 3 heteroatoms. The van der Waals surface area contributed by atoms with Gasteiger partial charge in [0.15, 0.2) is 0 Å². The first-order chi connectivity index (χ1) is 5.09. The molecular weight excluding hydrogens is 138 g/mol. The second kappa shape index (κ2) is 2.78.